The minimum absolute atomic E-state index is 0.247. The second-order valence-corrected chi connectivity index (χ2v) is 1.89. The fraction of sp³-hybridized carbons (Fsp3) is 0.143. The molecule has 2 amide bonds. The molecule has 11 heavy (non-hydrogen) atoms. The second-order valence-electron chi connectivity index (χ2n) is 1.89. The van der Waals surface area contributed by atoms with Gasteiger partial charge in [0.2, 0.25) is 0 Å². The maximum absolute atomic E-state index is 10.7. The van der Waals surface area contributed by atoms with Gasteiger partial charge in [-0.15, -0.1) is 0 Å². The highest BCUT2D eigenvalue weighted by Crippen LogP contribution is 1.84. The molecule has 0 aromatic carbocycles. The van der Waals surface area contributed by atoms with E-state index < -0.39 is 11.8 Å². The van der Waals surface area contributed by atoms with Crippen molar-refractivity contribution in [3.8, 4) is 0 Å². The van der Waals surface area contributed by atoms with Gasteiger partial charge in [-0.2, -0.15) is 0 Å². The standard InChI is InChI=1S/C7H8N2O2/c1-5(2)7(11)9-6(10)3-4-8/h3,8H,1H2,2H3,(H,9,10,11). The van der Waals surface area contributed by atoms with Crippen molar-refractivity contribution in [2.24, 2.45) is 0 Å². The van der Waals surface area contributed by atoms with Crippen LogP contribution in [0.25, 0.3) is 0 Å². The maximum Gasteiger partial charge on any atom is 0.260 e. The lowest BCUT2D eigenvalue weighted by Crippen LogP contribution is -2.29. The molecule has 4 nitrogen and oxygen atoms in total. The Hall–Kier alpha value is -1.67. The zero-order valence-corrected chi connectivity index (χ0v) is 6.10. The Morgan fingerprint density at radius 1 is 1.64 bits per heavy atom. The third-order valence-electron chi connectivity index (χ3n) is 0.828. The van der Waals surface area contributed by atoms with Crippen LogP contribution in [0.1, 0.15) is 6.92 Å². The molecule has 0 saturated heterocycles. The Morgan fingerprint density at radius 2 is 2.18 bits per heavy atom. The number of amides is 2. The van der Waals surface area contributed by atoms with Crippen LogP contribution >= 0.6 is 0 Å². The zero-order chi connectivity index (χ0) is 8.85. The maximum atomic E-state index is 10.7. The molecule has 4 heteroatoms. The number of hydrogen-bond donors (Lipinski definition) is 2. The lowest BCUT2D eigenvalue weighted by atomic mass is 10.3. The van der Waals surface area contributed by atoms with Gasteiger partial charge in [0, 0.05) is 5.57 Å². The van der Waals surface area contributed by atoms with Crippen molar-refractivity contribution in [2.45, 2.75) is 6.92 Å². The third-order valence-corrected chi connectivity index (χ3v) is 0.828. The Bertz CT molecular complexity index is 237. The third kappa shape index (κ3) is 3.83. The fourth-order valence-corrected chi connectivity index (χ4v) is 0.320. The number of rotatable bonds is 2. The molecule has 2 N–H and O–H groups in total. The minimum atomic E-state index is -0.659. The quantitative estimate of drug-likeness (QED) is 0.432. The molecule has 0 aromatic rings. The smallest absolute Gasteiger partial charge is 0.260 e. The predicted molar refractivity (Wildman–Crippen MR) is 40.3 cm³/mol. The van der Waals surface area contributed by atoms with Crippen LogP contribution in [0.4, 0.5) is 0 Å². The highest BCUT2D eigenvalue weighted by atomic mass is 16.2. The summed E-state index contributed by atoms with van der Waals surface area (Å²) < 4.78 is 0. The first-order valence-corrected chi connectivity index (χ1v) is 2.84. The van der Waals surface area contributed by atoms with Gasteiger partial charge in [0.15, 0.2) is 0 Å². The van der Waals surface area contributed by atoms with Gasteiger partial charge in [0.05, 0.1) is 6.08 Å². The molecule has 0 aromatic heterocycles. The number of nitrogens with one attached hydrogen (secondary N) is 2. The van der Waals surface area contributed by atoms with Gasteiger partial charge in [-0.25, -0.2) is 0 Å². The number of carbonyl (C=O) groups excluding carboxylic acids is 2. The number of imide groups is 1. The Morgan fingerprint density at radius 3 is 2.55 bits per heavy atom. The topological polar surface area (TPSA) is 70.0 Å². The molecule has 0 rings (SSSR count). The summed E-state index contributed by atoms with van der Waals surface area (Å²) >= 11 is 0. The lowest BCUT2D eigenvalue weighted by molar-refractivity contribution is -0.125. The average molecular weight is 152 g/mol. The van der Waals surface area contributed by atoms with E-state index in [2.05, 4.69) is 6.58 Å². The molecule has 0 bridgehead atoms. The molecule has 0 heterocycles. The molecule has 0 unspecified atom stereocenters. The van der Waals surface area contributed by atoms with Crippen LogP contribution in [0, 0.1) is 5.41 Å². The van der Waals surface area contributed by atoms with Crippen LogP contribution in [-0.2, 0) is 9.59 Å². The largest absolute Gasteiger partial charge is 0.288 e. The normalized spacial score (nSPS) is 7.73. The number of hydrogen-bond acceptors (Lipinski definition) is 3. The van der Waals surface area contributed by atoms with Crippen LogP contribution in [0.15, 0.2) is 18.2 Å². The SMILES string of the molecule is C=C(C)C(=O)NC(=O)C=C=N. The van der Waals surface area contributed by atoms with E-state index in [0.717, 1.165) is 6.08 Å². The molecule has 0 spiro atoms. The van der Waals surface area contributed by atoms with Gasteiger partial charge in [-0.05, 0) is 12.8 Å². The highest BCUT2D eigenvalue weighted by Gasteiger charge is 2.03. The minimum Gasteiger partial charge on any atom is -0.288 e. The molecule has 58 valence electrons. The van der Waals surface area contributed by atoms with Crippen molar-refractivity contribution in [3.05, 3.63) is 18.2 Å². The summed E-state index contributed by atoms with van der Waals surface area (Å²) in [6.07, 6.45) is 0.820. The first-order valence-electron chi connectivity index (χ1n) is 2.84. The summed E-state index contributed by atoms with van der Waals surface area (Å²) in [6, 6.07) is 0. The summed E-state index contributed by atoms with van der Waals surface area (Å²) in [5, 5.41) is 8.35. The first-order chi connectivity index (χ1) is 5.07. The van der Waals surface area contributed by atoms with Crippen LogP contribution in [-0.4, -0.2) is 17.7 Å². The molecule has 0 atom stereocenters. The second kappa shape index (κ2) is 4.19. The van der Waals surface area contributed by atoms with Gasteiger partial charge in [-0.1, -0.05) is 6.58 Å². The van der Waals surface area contributed by atoms with E-state index in [9.17, 15) is 9.59 Å². The lowest BCUT2D eigenvalue weighted by Gasteiger charge is -1.96. The molecule has 0 aliphatic rings. The van der Waals surface area contributed by atoms with E-state index in [0.29, 0.717) is 0 Å². The number of carbonyl (C=O) groups is 2. The highest BCUT2D eigenvalue weighted by molar-refractivity contribution is 6.09. The van der Waals surface area contributed by atoms with Crippen molar-refractivity contribution in [3.63, 3.8) is 0 Å². The fourth-order valence-electron chi connectivity index (χ4n) is 0.320. The molecule has 0 aliphatic carbocycles. The van der Waals surface area contributed by atoms with Crippen molar-refractivity contribution in [1.29, 1.82) is 5.41 Å². The molecule has 0 fully saturated rings. The van der Waals surface area contributed by atoms with Crippen molar-refractivity contribution in [1.82, 2.24) is 5.32 Å². The van der Waals surface area contributed by atoms with Crippen LogP contribution < -0.4 is 5.32 Å². The van der Waals surface area contributed by atoms with Crippen molar-refractivity contribution >= 4 is 17.7 Å². The van der Waals surface area contributed by atoms with Crippen LogP contribution in [0.2, 0.25) is 0 Å². The van der Waals surface area contributed by atoms with Gasteiger partial charge in [0.25, 0.3) is 11.8 Å². The van der Waals surface area contributed by atoms with Gasteiger partial charge < -0.3 is 0 Å². The zero-order valence-electron chi connectivity index (χ0n) is 6.10. The summed E-state index contributed by atoms with van der Waals surface area (Å²) in [5.74, 6) is 0.543. The van der Waals surface area contributed by atoms with E-state index in [1.165, 1.54) is 6.92 Å². The van der Waals surface area contributed by atoms with Gasteiger partial charge >= 0.3 is 0 Å². The van der Waals surface area contributed by atoms with E-state index in [1.807, 2.05) is 5.32 Å². The Kier molecular flexibility index (Phi) is 3.56. The Balaban J connectivity index is 4.06. The summed E-state index contributed by atoms with van der Waals surface area (Å²) in [5.41, 5.74) is 0.247. The summed E-state index contributed by atoms with van der Waals surface area (Å²) in [4.78, 5) is 21.2. The van der Waals surface area contributed by atoms with E-state index in [-0.39, 0.29) is 5.57 Å². The van der Waals surface area contributed by atoms with Crippen molar-refractivity contribution in [2.75, 3.05) is 0 Å². The summed E-state index contributed by atoms with van der Waals surface area (Å²) in [6.45, 7) is 4.81. The average Bonchev–Trinajstić information content (AvgIpc) is 1.87. The monoisotopic (exact) mass is 152 g/mol. The van der Waals surface area contributed by atoms with E-state index in [1.54, 1.807) is 5.87 Å². The van der Waals surface area contributed by atoms with Gasteiger partial charge in [0.1, 0.15) is 0 Å². The first kappa shape index (κ1) is 9.33. The Labute approximate surface area is 64.1 Å². The van der Waals surface area contributed by atoms with E-state index >= 15 is 0 Å². The molecular formula is C7H8N2O2. The molecule has 0 radical (unpaired) electrons. The van der Waals surface area contributed by atoms with Gasteiger partial charge in [-0.3, -0.25) is 20.3 Å². The van der Waals surface area contributed by atoms with E-state index in [4.69, 9.17) is 5.41 Å². The summed E-state index contributed by atoms with van der Waals surface area (Å²) in [7, 11) is 0. The molecule has 0 saturated carbocycles. The van der Waals surface area contributed by atoms with Crippen molar-refractivity contribution < 1.29 is 9.59 Å². The van der Waals surface area contributed by atoms with Crippen LogP contribution in [0.5, 0.6) is 0 Å². The predicted octanol–water partition coefficient (Wildman–Crippen LogP) is 0.00997. The molecular weight excluding hydrogens is 144 g/mol. The van der Waals surface area contributed by atoms with Crippen LogP contribution in [0.3, 0.4) is 0 Å². The molecule has 0 aliphatic heterocycles.